The first-order valence-electron chi connectivity index (χ1n) is 6.56. The minimum Gasteiger partial charge on any atom is -0.366 e. The number of rotatable bonds is 3. The van der Waals surface area contributed by atoms with E-state index in [0.717, 1.165) is 12.8 Å². The zero-order valence-corrected chi connectivity index (χ0v) is 11.1. The Kier molecular flexibility index (Phi) is 3.55. The van der Waals surface area contributed by atoms with Crippen molar-refractivity contribution in [2.24, 2.45) is 5.73 Å². The highest BCUT2D eigenvalue weighted by Crippen LogP contribution is 2.43. The van der Waals surface area contributed by atoms with Gasteiger partial charge < -0.3 is 10.5 Å². The lowest BCUT2D eigenvalue weighted by Gasteiger charge is -2.41. The number of ether oxygens (including phenoxy) is 1. The van der Waals surface area contributed by atoms with E-state index in [1.54, 1.807) is 0 Å². The molecule has 1 aliphatic carbocycles. The molecule has 0 heterocycles. The Balaban J connectivity index is 2.45. The van der Waals surface area contributed by atoms with Gasteiger partial charge in [-0.05, 0) is 43.7 Å². The molecule has 0 aliphatic heterocycles. The van der Waals surface area contributed by atoms with Gasteiger partial charge in [0.1, 0.15) is 5.60 Å². The highest BCUT2D eigenvalue weighted by Gasteiger charge is 2.39. The SMILES string of the molecule is CC(C)OC1(CN)CCC(C)c2ccccc21. The maximum absolute atomic E-state index is 6.18. The quantitative estimate of drug-likeness (QED) is 0.870. The van der Waals surface area contributed by atoms with Crippen LogP contribution in [0.3, 0.4) is 0 Å². The predicted octanol–water partition coefficient (Wildman–Crippen LogP) is 3.16. The molecule has 1 aromatic rings. The molecule has 0 radical (unpaired) electrons. The van der Waals surface area contributed by atoms with E-state index in [0.29, 0.717) is 12.5 Å². The normalized spacial score (nSPS) is 28.2. The molecule has 2 N–H and O–H groups in total. The number of nitrogens with two attached hydrogens (primary N) is 1. The fourth-order valence-corrected chi connectivity index (χ4v) is 2.92. The van der Waals surface area contributed by atoms with Gasteiger partial charge in [0.15, 0.2) is 0 Å². The summed E-state index contributed by atoms with van der Waals surface area (Å²) in [7, 11) is 0. The van der Waals surface area contributed by atoms with Crippen molar-refractivity contribution < 1.29 is 4.74 Å². The molecule has 0 bridgehead atoms. The maximum Gasteiger partial charge on any atom is 0.106 e. The van der Waals surface area contributed by atoms with E-state index >= 15 is 0 Å². The van der Waals surface area contributed by atoms with Gasteiger partial charge in [-0.15, -0.1) is 0 Å². The topological polar surface area (TPSA) is 35.2 Å². The van der Waals surface area contributed by atoms with Crippen molar-refractivity contribution in [3.05, 3.63) is 35.4 Å². The van der Waals surface area contributed by atoms with E-state index in [9.17, 15) is 0 Å². The molecule has 0 fully saturated rings. The van der Waals surface area contributed by atoms with Crippen LogP contribution in [0.4, 0.5) is 0 Å². The molecule has 0 spiro atoms. The fraction of sp³-hybridized carbons (Fsp3) is 0.600. The Morgan fingerprint density at radius 1 is 1.41 bits per heavy atom. The second-order valence-electron chi connectivity index (χ2n) is 5.39. The highest BCUT2D eigenvalue weighted by molar-refractivity contribution is 5.37. The summed E-state index contributed by atoms with van der Waals surface area (Å²) >= 11 is 0. The van der Waals surface area contributed by atoms with E-state index in [2.05, 4.69) is 45.0 Å². The molecule has 0 saturated carbocycles. The zero-order chi connectivity index (χ0) is 12.5. The van der Waals surface area contributed by atoms with Crippen molar-refractivity contribution >= 4 is 0 Å². The Morgan fingerprint density at radius 2 is 2.12 bits per heavy atom. The number of hydrogen-bond acceptors (Lipinski definition) is 2. The van der Waals surface area contributed by atoms with Gasteiger partial charge in [0.05, 0.1) is 6.10 Å². The van der Waals surface area contributed by atoms with Gasteiger partial charge in [0, 0.05) is 6.54 Å². The monoisotopic (exact) mass is 233 g/mol. The van der Waals surface area contributed by atoms with Gasteiger partial charge in [-0.3, -0.25) is 0 Å². The third-order valence-electron chi connectivity index (χ3n) is 3.75. The van der Waals surface area contributed by atoms with Crippen molar-refractivity contribution in [2.75, 3.05) is 6.54 Å². The smallest absolute Gasteiger partial charge is 0.106 e. The first kappa shape index (κ1) is 12.6. The van der Waals surface area contributed by atoms with Crippen LogP contribution in [0, 0.1) is 0 Å². The molecule has 2 rings (SSSR count). The summed E-state index contributed by atoms with van der Waals surface area (Å²) in [5.41, 5.74) is 8.46. The molecule has 0 aromatic heterocycles. The van der Waals surface area contributed by atoms with E-state index in [-0.39, 0.29) is 11.7 Å². The summed E-state index contributed by atoms with van der Waals surface area (Å²) in [6.45, 7) is 7.01. The van der Waals surface area contributed by atoms with Crippen LogP contribution in [-0.2, 0) is 10.3 Å². The van der Waals surface area contributed by atoms with Gasteiger partial charge in [0.2, 0.25) is 0 Å². The Morgan fingerprint density at radius 3 is 2.76 bits per heavy atom. The van der Waals surface area contributed by atoms with Crippen molar-refractivity contribution in [1.82, 2.24) is 0 Å². The van der Waals surface area contributed by atoms with Crippen LogP contribution in [0.2, 0.25) is 0 Å². The molecular formula is C15H23NO. The molecule has 2 heteroatoms. The molecule has 2 nitrogen and oxygen atoms in total. The molecule has 17 heavy (non-hydrogen) atoms. The second kappa shape index (κ2) is 4.79. The molecule has 2 atom stereocenters. The minimum absolute atomic E-state index is 0.208. The lowest BCUT2D eigenvalue weighted by atomic mass is 9.74. The number of fused-ring (bicyclic) bond motifs is 1. The molecule has 0 saturated heterocycles. The van der Waals surface area contributed by atoms with Gasteiger partial charge in [-0.2, -0.15) is 0 Å². The highest BCUT2D eigenvalue weighted by atomic mass is 16.5. The summed E-state index contributed by atoms with van der Waals surface area (Å²) in [4.78, 5) is 0. The largest absolute Gasteiger partial charge is 0.366 e. The van der Waals surface area contributed by atoms with Gasteiger partial charge in [0.25, 0.3) is 0 Å². The third-order valence-corrected chi connectivity index (χ3v) is 3.75. The standard InChI is InChI=1S/C15H23NO/c1-11(2)17-15(10-16)9-8-12(3)13-6-4-5-7-14(13)15/h4-7,11-12H,8-10,16H2,1-3H3. The zero-order valence-electron chi connectivity index (χ0n) is 11.1. The summed E-state index contributed by atoms with van der Waals surface area (Å²) in [5.74, 6) is 0.613. The molecule has 2 unspecified atom stereocenters. The first-order chi connectivity index (χ1) is 8.09. The van der Waals surface area contributed by atoms with Crippen LogP contribution >= 0.6 is 0 Å². The van der Waals surface area contributed by atoms with E-state index < -0.39 is 0 Å². The van der Waals surface area contributed by atoms with Crippen molar-refractivity contribution in [1.29, 1.82) is 0 Å². The van der Waals surface area contributed by atoms with Crippen molar-refractivity contribution in [3.8, 4) is 0 Å². The summed E-state index contributed by atoms with van der Waals surface area (Å²) < 4.78 is 6.18. The van der Waals surface area contributed by atoms with Crippen LogP contribution < -0.4 is 5.73 Å². The van der Waals surface area contributed by atoms with Crippen LogP contribution in [-0.4, -0.2) is 12.6 Å². The molecular weight excluding hydrogens is 210 g/mol. The maximum atomic E-state index is 6.18. The fourth-order valence-electron chi connectivity index (χ4n) is 2.92. The van der Waals surface area contributed by atoms with E-state index in [1.807, 2.05) is 0 Å². The molecule has 0 amide bonds. The van der Waals surface area contributed by atoms with Crippen molar-refractivity contribution in [3.63, 3.8) is 0 Å². The Bertz CT molecular complexity index is 388. The van der Waals surface area contributed by atoms with Gasteiger partial charge in [-0.25, -0.2) is 0 Å². The second-order valence-corrected chi connectivity index (χ2v) is 5.39. The minimum atomic E-state index is -0.267. The first-order valence-corrected chi connectivity index (χ1v) is 6.56. The van der Waals surface area contributed by atoms with Crippen LogP contribution in [0.25, 0.3) is 0 Å². The van der Waals surface area contributed by atoms with Crippen LogP contribution in [0.5, 0.6) is 0 Å². The molecule has 94 valence electrons. The van der Waals surface area contributed by atoms with E-state index in [1.165, 1.54) is 11.1 Å². The lowest BCUT2D eigenvalue weighted by Crippen LogP contribution is -2.43. The molecule has 1 aromatic carbocycles. The lowest BCUT2D eigenvalue weighted by molar-refractivity contribution is -0.0911. The number of hydrogen-bond donors (Lipinski definition) is 1. The Labute approximate surface area is 104 Å². The number of benzene rings is 1. The van der Waals surface area contributed by atoms with Crippen molar-refractivity contribution in [2.45, 2.75) is 51.2 Å². The molecule has 1 aliphatic rings. The summed E-state index contributed by atoms with van der Waals surface area (Å²) in [6, 6.07) is 8.59. The van der Waals surface area contributed by atoms with Gasteiger partial charge >= 0.3 is 0 Å². The van der Waals surface area contributed by atoms with Gasteiger partial charge in [-0.1, -0.05) is 31.2 Å². The third kappa shape index (κ3) is 2.24. The Hall–Kier alpha value is -0.860. The van der Waals surface area contributed by atoms with Crippen LogP contribution in [0.1, 0.15) is 50.7 Å². The average molecular weight is 233 g/mol. The van der Waals surface area contributed by atoms with E-state index in [4.69, 9.17) is 10.5 Å². The van der Waals surface area contributed by atoms with Crippen LogP contribution in [0.15, 0.2) is 24.3 Å². The predicted molar refractivity (Wildman–Crippen MR) is 71.0 cm³/mol. The summed E-state index contributed by atoms with van der Waals surface area (Å²) in [6.07, 6.45) is 2.39. The summed E-state index contributed by atoms with van der Waals surface area (Å²) in [5, 5.41) is 0. The average Bonchev–Trinajstić information content (AvgIpc) is 2.33.